The standard InChI is InChI=1S/C66H61BN4/c1-42-16-14-20-51(34-42)70-60-36-44(3)22-30-56(60)67-57-31-23-45(4)37-61(57)71(52-21-15-17-43(2)35-52)63-41-53(40-62(70)64(63)67)68(48-18-12-11-13-19-48)49-26-28-50(29-27-49)69-58-32-24-46(65(5,6)7)38-54(58)55-39-47(66(8,9)10)25-33-59(55)69/h11-41H,1-10H3. The molecular weight excluding hydrogens is 860 g/mol. The third kappa shape index (κ3) is 7.44. The van der Waals surface area contributed by atoms with E-state index in [2.05, 4.69) is 277 Å². The molecule has 71 heavy (non-hydrogen) atoms. The maximum absolute atomic E-state index is 2.53. The van der Waals surface area contributed by atoms with Crippen LogP contribution in [0.15, 0.2) is 188 Å². The number of aromatic nitrogens is 1. The minimum Gasteiger partial charge on any atom is -0.311 e. The maximum atomic E-state index is 2.53. The fourth-order valence-electron chi connectivity index (χ4n) is 11.4. The van der Waals surface area contributed by atoms with E-state index in [9.17, 15) is 0 Å². The molecule has 4 nitrogen and oxygen atoms in total. The lowest BCUT2D eigenvalue weighted by atomic mass is 9.33. The van der Waals surface area contributed by atoms with Crippen LogP contribution in [0, 0.1) is 27.7 Å². The molecular formula is C66H61BN4. The van der Waals surface area contributed by atoms with Crippen LogP contribution in [0.3, 0.4) is 0 Å². The average molecular weight is 921 g/mol. The predicted octanol–water partition coefficient (Wildman–Crippen LogP) is 16.2. The highest BCUT2D eigenvalue weighted by Crippen LogP contribution is 2.49. The molecule has 10 aromatic rings. The van der Waals surface area contributed by atoms with Crippen molar-refractivity contribution in [2.75, 3.05) is 14.7 Å². The van der Waals surface area contributed by atoms with Crippen molar-refractivity contribution in [3.05, 3.63) is 221 Å². The molecule has 348 valence electrons. The van der Waals surface area contributed by atoms with Crippen LogP contribution in [0.25, 0.3) is 27.5 Å². The van der Waals surface area contributed by atoms with E-state index >= 15 is 0 Å². The number of nitrogens with zero attached hydrogens (tertiary/aromatic N) is 4. The van der Waals surface area contributed by atoms with Crippen molar-refractivity contribution in [1.29, 1.82) is 0 Å². The van der Waals surface area contributed by atoms with E-state index in [0.29, 0.717) is 0 Å². The van der Waals surface area contributed by atoms with E-state index in [1.807, 2.05) is 0 Å². The SMILES string of the molecule is Cc1cccc(N2c3cc(C)ccc3B3c4ccc(C)cc4N(c4cccc(C)c4)c4cc(N(c5ccccc5)c5ccc(-n6c7ccc(C(C)(C)C)cc7c7cc(C(C)(C)C)ccc76)cc5)cc2c43)c1. The molecule has 0 aliphatic carbocycles. The summed E-state index contributed by atoms with van der Waals surface area (Å²) in [6.45, 7) is 22.7. The highest BCUT2D eigenvalue weighted by molar-refractivity contribution is 7.00. The van der Waals surface area contributed by atoms with E-state index in [1.54, 1.807) is 0 Å². The summed E-state index contributed by atoms with van der Waals surface area (Å²) in [7, 11) is 0. The number of para-hydroxylation sites is 1. The van der Waals surface area contributed by atoms with Crippen LogP contribution >= 0.6 is 0 Å². The van der Waals surface area contributed by atoms with Gasteiger partial charge < -0.3 is 19.3 Å². The molecule has 0 bridgehead atoms. The Bertz CT molecular complexity index is 3540. The smallest absolute Gasteiger partial charge is 0.252 e. The summed E-state index contributed by atoms with van der Waals surface area (Å²) >= 11 is 0. The minimum atomic E-state index is 0.0250. The lowest BCUT2D eigenvalue weighted by Crippen LogP contribution is -2.61. The minimum absolute atomic E-state index is 0.0250. The summed E-state index contributed by atoms with van der Waals surface area (Å²) in [6, 6.07) is 71.4. The Morgan fingerprint density at radius 1 is 0.366 bits per heavy atom. The second-order valence-electron chi connectivity index (χ2n) is 22.3. The van der Waals surface area contributed by atoms with Gasteiger partial charge in [-0.2, -0.15) is 0 Å². The zero-order valence-electron chi connectivity index (χ0n) is 42.8. The van der Waals surface area contributed by atoms with Crippen molar-refractivity contribution < 1.29 is 0 Å². The number of rotatable bonds is 6. The first-order valence-corrected chi connectivity index (χ1v) is 25.3. The molecule has 0 unspecified atom stereocenters. The van der Waals surface area contributed by atoms with Gasteiger partial charge in [0.1, 0.15) is 0 Å². The van der Waals surface area contributed by atoms with Gasteiger partial charge in [-0.1, -0.05) is 120 Å². The first kappa shape index (κ1) is 44.5. The van der Waals surface area contributed by atoms with E-state index in [0.717, 1.165) is 34.1 Å². The molecule has 0 saturated carbocycles. The first-order valence-electron chi connectivity index (χ1n) is 25.3. The maximum Gasteiger partial charge on any atom is 0.252 e. The summed E-state index contributed by atoms with van der Waals surface area (Å²) in [5.74, 6) is 0. The highest BCUT2D eigenvalue weighted by Gasteiger charge is 2.44. The van der Waals surface area contributed by atoms with Crippen LogP contribution in [0.1, 0.15) is 74.9 Å². The number of anilines is 9. The molecule has 0 radical (unpaired) electrons. The van der Waals surface area contributed by atoms with E-state index in [-0.39, 0.29) is 17.5 Å². The largest absolute Gasteiger partial charge is 0.311 e. The van der Waals surface area contributed by atoms with E-state index < -0.39 is 0 Å². The molecule has 0 atom stereocenters. The van der Waals surface area contributed by atoms with Crippen LogP contribution in [0.5, 0.6) is 0 Å². The van der Waals surface area contributed by atoms with Gasteiger partial charge in [0.25, 0.3) is 6.71 Å². The number of benzene rings is 9. The molecule has 9 aromatic carbocycles. The molecule has 2 aliphatic heterocycles. The van der Waals surface area contributed by atoms with E-state index in [4.69, 9.17) is 0 Å². The van der Waals surface area contributed by atoms with Crippen molar-refractivity contribution in [1.82, 2.24) is 4.57 Å². The van der Waals surface area contributed by atoms with Crippen molar-refractivity contribution >= 4 is 96.1 Å². The van der Waals surface area contributed by atoms with Crippen molar-refractivity contribution in [2.24, 2.45) is 0 Å². The molecule has 5 heteroatoms. The normalized spacial score (nSPS) is 13.1. The topological polar surface area (TPSA) is 14.7 Å². The first-order chi connectivity index (χ1) is 34.1. The monoisotopic (exact) mass is 920 g/mol. The number of hydrogen-bond donors (Lipinski definition) is 0. The Hall–Kier alpha value is -7.76. The Morgan fingerprint density at radius 3 is 1.30 bits per heavy atom. The molecule has 2 aliphatic rings. The lowest BCUT2D eigenvalue weighted by Gasteiger charge is -2.45. The van der Waals surface area contributed by atoms with Gasteiger partial charge in [-0.25, -0.2) is 0 Å². The van der Waals surface area contributed by atoms with Crippen LogP contribution < -0.4 is 31.1 Å². The molecule has 1 aromatic heterocycles. The van der Waals surface area contributed by atoms with Crippen LogP contribution in [0.4, 0.5) is 51.2 Å². The summed E-state index contributed by atoms with van der Waals surface area (Å²) in [4.78, 5) is 7.52. The number of aryl methyl sites for hydroxylation is 4. The van der Waals surface area contributed by atoms with Crippen LogP contribution in [-0.2, 0) is 10.8 Å². The Morgan fingerprint density at radius 2 is 0.831 bits per heavy atom. The molecule has 0 N–H and O–H groups in total. The molecule has 0 spiro atoms. The Kier molecular flexibility index (Phi) is 10.3. The predicted molar refractivity (Wildman–Crippen MR) is 306 cm³/mol. The summed E-state index contributed by atoms with van der Waals surface area (Å²) < 4.78 is 2.46. The quantitative estimate of drug-likeness (QED) is 0.154. The molecule has 3 heterocycles. The third-order valence-electron chi connectivity index (χ3n) is 15.0. The molecule has 0 saturated heterocycles. The van der Waals surface area contributed by atoms with Gasteiger partial charge in [0.2, 0.25) is 0 Å². The molecule has 0 amide bonds. The van der Waals surface area contributed by atoms with Crippen LogP contribution in [0.2, 0.25) is 0 Å². The van der Waals surface area contributed by atoms with Gasteiger partial charge in [0, 0.05) is 62.0 Å². The summed E-state index contributed by atoms with van der Waals surface area (Å²) in [6.07, 6.45) is 0. The Balaban J connectivity index is 1.11. The summed E-state index contributed by atoms with van der Waals surface area (Å²) in [5, 5.41) is 2.58. The highest BCUT2D eigenvalue weighted by atomic mass is 15.2. The van der Waals surface area contributed by atoms with Gasteiger partial charge in [-0.15, -0.1) is 0 Å². The Labute approximate surface area is 420 Å². The van der Waals surface area contributed by atoms with Crippen molar-refractivity contribution in [2.45, 2.75) is 80.1 Å². The zero-order valence-corrected chi connectivity index (χ0v) is 42.8. The third-order valence-corrected chi connectivity index (χ3v) is 15.0. The van der Waals surface area contributed by atoms with Crippen LogP contribution in [-0.4, -0.2) is 11.3 Å². The second kappa shape index (κ2) is 16.4. The van der Waals surface area contributed by atoms with Gasteiger partial charge in [-0.3, -0.25) is 0 Å². The van der Waals surface area contributed by atoms with Gasteiger partial charge in [0.05, 0.1) is 16.7 Å². The molecule has 12 rings (SSSR count). The fourth-order valence-corrected chi connectivity index (χ4v) is 11.4. The summed E-state index contributed by atoms with van der Waals surface area (Å²) in [5.41, 5.74) is 25.5. The number of fused-ring (bicyclic) bond motifs is 7. The molecule has 0 fully saturated rings. The van der Waals surface area contributed by atoms with Crippen molar-refractivity contribution in [3.8, 4) is 5.69 Å². The zero-order chi connectivity index (χ0) is 49.1. The number of hydrogen-bond acceptors (Lipinski definition) is 3. The van der Waals surface area contributed by atoms with Crippen molar-refractivity contribution in [3.63, 3.8) is 0 Å². The fraction of sp³-hybridized carbons (Fsp3) is 0.182. The van der Waals surface area contributed by atoms with Gasteiger partial charge in [0.15, 0.2) is 0 Å². The van der Waals surface area contributed by atoms with Gasteiger partial charge in [-0.05, 0) is 197 Å². The van der Waals surface area contributed by atoms with Gasteiger partial charge >= 0.3 is 0 Å². The second-order valence-corrected chi connectivity index (χ2v) is 22.3. The lowest BCUT2D eigenvalue weighted by molar-refractivity contribution is 0.590. The van der Waals surface area contributed by atoms with E-state index in [1.165, 1.54) is 94.3 Å². The average Bonchev–Trinajstić information content (AvgIpc) is 3.67.